The van der Waals surface area contributed by atoms with Gasteiger partial charge in [-0.05, 0) is 48.1 Å². The number of ether oxygens (including phenoxy) is 1. The predicted molar refractivity (Wildman–Crippen MR) is 83.9 cm³/mol. The molecule has 1 radical (unpaired) electrons. The fraction of sp³-hybridized carbons (Fsp3) is 0.105. The Morgan fingerprint density at radius 1 is 1.05 bits per heavy atom. The van der Waals surface area contributed by atoms with Crippen molar-refractivity contribution in [3.8, 4) is 5.75 Å². The van der Waals surface area contributed by atoms with Crippen molar-refractivity contribution in [3.05, 3.63) is 84.0 Å². The van der Waals surface area contributed by atoms with E-state index in [9.17, 15) is 4.39 Å². The molecule has 3 aromatic rings. The molecule has 105 valence electrons. The molecule has 0 spiro atoms. The van der Waals surface area contributed by atoms with Gasteiger partial charge in [-0.25, -0.2) is 4.39 Å². The number of fused-ring (bicyclic) bond motifs is 1. The second-order valence-electron chi connectivity index (χ2n) is 5.13. The Hall–Kier alpha value is -2.35. The summed E-state index contributed by atoms with van der Waals surface area (Å²) >= 11 is 0. The topological polar surface area (TPSA) is 9.23 Å². The van der Waals surface area contributed by atoms with Crippen LogP contribution in [-0.4, -0.2) is 0 Å². The number of rotatable bonds is 3. The van der Waals surface area contributed by atoms with Crippen molar-refractivity contribution in [1.82, 2.24) is 0 Å². The smallest absolute Gasteiger partial charge is 0.130 e. The van der Waals surface area contributed by atoms with Crippen LogP contribution in [0.3, 0.4) is 0 Å². The summed E-state index contributed by atoms with van der Waals surface area (Å²) in [5, 5.41) is 1.73. The maximum atomic E-state index is 13.5. The Bertz CT molecular complexity index is 778. The van der Waals surface area contributed by atoms with E-state index >= 15 is 0 Å². The van der Waals surface area contributed by atoms with Crippen molar-refractivity contribution in [2.24, 2.45) is 0 Å². The van der Waals surface area contributed by atoms with Gasteiger partial charge in [0.05, 0.1) is 0 Å². The monoisotopic (exact) mass is 279 g/mol. The summed E-state index contributed by atoms with van der Waals surface area (Å²) in [7, 11) is 0. The van der Waals surface area contributed by atoms with Crippen molar-refractivity contribution in [3.63, 3.8) is 0 Å². The average Bonchev–Trinajstić information content (AvgIpc) is 2.49. The molecule has 0 bridgehead atoms. The predicted octanol–water partition coefficient (Wildman–Crippen LogP) is 5.05. The van der Waals surface area contributed by atoms with E-state index in [1.54, 1.807) is 6.07 Å². The van der Waals surface area contributed by atoms with Crippen molar-refractivity contribution in [2.45, 2.75) is 13.5 Å². The summed E-state index contributed by atoms with van der Waals surface area (Å²) in [6, 6.07) is 16.6. The lowest BCUT2D eigenvalue weighted by atomic mass is 10.0. The van der Waals surface area contributed by atoms with Gasteiger partial charge in [0, 0.05) is 5.39 Å². The van der Waals surface area contributed by atoms with Crippen LogP contribution in [0.2, 0.25) is 0 Å². The van der Waals surface area contributed by atoms with Gasteiger partial charge >= 0.3 is 0 Å². The lowest BCUT2D eigenvalue weighted by Gasteiger charge is -2.15. The van der Waals surface area contributed by atoms with E-state index in [0.29, 0.717) is 12.4 Å². The van der Waals surface area contributed by atoms with Crippen LogP contribution >= 0.6 is 0 Å². The van der Waals surface area contributed by atoms with Gasteiger partial charge in [0.1, 0.15) is 18.2 Å². The van der Waals surface area contributed by atoms with Crippen LogP contribution in [0.1, 0.15) is 16.7 Å². The van der Waals surface area contributed by atoms with Gasteiger partial charge in [-0.3, -0.25) is 0 Å². The van der Waals surface area contributed by atoms with E-state index in [1.807, 2.05) is 43.3 Å². The van der Waals surface area contributed by atoms with Crippen LogP contribution in [0.15, 0.2) is 54.6 Å². The van der Waals surface area contributed by atoms with Crippen molar-refractivity contribution < 1.29 is 9.13 Å². The molecule has 2 heteroatoms. The Morgan fingerprint density at radius 3 is 2.57 bits per heavy atom. The van der Waals surface area contributed by atoms with E-state index < -0.39 is 0 Å². The van der Waals surface area contributed by atoms with E-state index in [1.165, 1.54) is 12.1 Å². The van der Waals surface area contributed by atoms with Crippen molar-refractivity contribution in [1.29, 1.82) is 0 Å². The molecule has 0 saturated heterocycles. The number of hydrogen-bond acceptors (Lipinski definition) is 1. The van der Waals surface area contributed by atoms with Crippen LogP contribution in [-0.2, 0) is 6.61 Å². The summed E-state index contributed by atoms with van der Waals surface area (Å²) in [6.45, 7) is 6.44. The number of halogens is 1. The van der Waals surface area contributed by atoms with Crippen LogP contribution in [0.25, 0.3) is 10.8 Å². The highest BCUT2D eigenvalue weighted by atomic mass is 19.1. The minimum absolute atomic E-state index is 0.261. The van der Waals surface area contributed by atoms with E-state index in [2.05, 4.69) is 6.92 Å². The Balaban J connectivity index is 2.03. The molecule has 0 aromatic heterocycles. The highest BCUT2D eigenvalue weighted by molar-refractivity contribution is 5.90. The molecular formula is C19H16FO. The molecule has 0 N–H and O–H groups in total. The maximum Gasteiger partial charge on any atom is 0.130 e. The summed E-state index contributed by atoms with van der Waals surface area (Å²) < 4.78 is 19.5. The second-order valence-corrected chi connectivity index (χ2v) is 5.13. The Labute approximate surface area is 124 Å². The number of hydrogen-bond donors (Lipinski definition) is 0. The summed E-state index contributed by atoms with van der Waals surface area (Å²) in [5.41, 5.74) is 2.93. The highest BCUT2D eigenvalue weighted by Crippen LogP contribution is 2.33. The Morgan fingerprint density at radius 2 is 1.81 bits per heavy atom. The summed E-state index contributed by atoms with van der Waals surface area (Å²) in [6.07, 6.45) is 0. The molecule has 1 nitrogen and oxygen atoms in total. The van der Waals surface area contributed by atoms with Gasteiger partial charge in [0.15, 0.2) is 0 Å². The number of benzene rings is 3. The maximum absolute atomic E-state index is 13.5. The first-order chi connectivity index (χ1) is 10.1. The van der Waals surface area contributed by atoms with E-state index in [4.69, 9.17) is 4.74 Å². The van der Waals surface area contributed by atoms with Crippen LogP contribution in [0.5, 0.6) is 5.75 Å². The first-order valence-corrected chi connectivity index (χ1v) is 6.86. The lowest BCUT2D eigenvalue weighted by Crippen LogP contribution is -1.99. The second kappa shape index (κ2) is 5.57. The van der Waals surface area contributed by atoms with Gasteiger partial charge in [-0.2, -0.15) is 0 Å². The zero-order chi connectivity index (χ0) is 14.8. The van der Waals surface area contributed by atoms with Crippen LogP contribution < -0.4 is 4.74 Å². The summed E-state index contributed by atoms with van der Waals surface area (Å²) in [5.74, 6) is 0.448. The largest absolute Gasteiger partial charge is 0.488 e. The Kier molecular flexibility index (Phi) is 3.61. The minimum atomic E-state index is -0.261. The molecule has 0 amide bonds. The third-order valence-corrected chi connectivity index (χ3v) is 3.64. The van der Waals surface area contributed by atoms with Gasteiger partial charge in [0.25, 0.3) is 0 Å². The summed E-state index contributed by atoms with van der Waals surface area (Å²) in [4.78, 5) is 0. The molecule has 3 rings (SSSR count). The van der Waals surface area contributed by atoms with E-state index in [-0.39, 0.29) is 5.82 Å². The zero-order valence-corrected chi connectivity index (χ0v) is 11.9. The van der Waals surface area contributed by atoms with Gasteiger partial charge in [-0.15, -0.1) is 0 Å². The van der Waals surface area contributed by atoms with Crippen LogP contribution in [0.4, 0.5) is 4.39 Å². The fourth-order valence-corrected chi connectivity index (χ4v) is 2.41. The van der Waals surface area contributed by atoms with Gasteiger partial charge < -0.3 is 4.74 Å². The fourth-order valence-electron chi connectivity index (χ4n) is 2.41. The highest BCUT2D eigenvalue weighted by Gasteiger charge is 2.10. The minimum Gasteiger partial charge on any atom is -0.488 e. The molecule has 0 saturated carbocycles. The molecular weight excluding hydrogens is 263 g/mol. The zero-order valence-electron chi connectivity index (χ0n) is 11.9. The molecule has 0 heterocycles. The lowest BCUT2D eigenvalue weighted by molar-refractivity contribution is 0.308. The molecule has 3 aromatic carbocycles. The van der Waals surface area contributed by atoms with E-state index in [0.717, 1.165) is 27.5 Å². The van der Waals surface area contributed by atoms with Gasteiger partial charge in [-0.1, -0.05) is 42.5 Å². The molecule has 0 unspecified atom stereocenters. The standard InChI is InChI=1S/C19H16FO/c1-13-10-16-8-9-17(20)11-18(16)19(14(13)2)21-12-15-6-4-3-5-7-15/h3-11H,1,12H2,2H3. The first-order valence-electron chi connectivity index (χ1n) is 6.86. The first kappa shape index (κ1) is 13.6. The van der Waals surface area contributed by atoms with Gasteiger partial charge in [0.2, 0.25) is 0 Å². The van der Waals surface area contributed by atoms with Crippen molar-refractivity contribution in [2.75, 3.05) is 0 Å². The normalized spacial score (nSPS) is 10.8. The third kappa shape index (κ3) is 2.75. The molecule has 0 aliphatic rings. The van der Waals surface area contributed by atoms with Crippen LogP contribution in [0, 0.1) is 19.7 Å². The molecule has 0 aliphatic heterocycles. The quantitative estimate of drug-likeness (QED) is 0.652. The average molecular weight is 279 g/mol. The third-order valence-electron chi connectivity index (χ3n) is 3.64. The molecule has 0 aliphatic carbocycles. The molecule has 21 heavy (non-hydrogen) atoms. The SMILES string of the molecule is [CH2]c1cc2ccc(F)cc2c(OCc2ccccc2)c1C. The molecule has 0 atom stereocenters. The molecule has 0 fully saturated rings. The van der Waals surface area contributed by atoms with Crippen molar-refractivity contribution >= 4 is 10.8 Å².